The fraction of sp³-hybridized carbons (Fsp3) is 0.143. The highest BCUT2D eigenvalue weighted by atomic mass is 32.2. The molecule has 2 aromatic rings. The Bertz CT molecular complexity index is 729. The first-order valence-corrected chi connectivity index (χ1v) is 7.63. The van der Waals surface area contributed by atoms with Gasteiger partial charge < -0.3 is 10.5 Å². The summed E-state index contributed by atoms with van der Waals surface area (Å²) in [6.45, 7) is 0.561. The van der Waals surface area contributed by atoms with Crippen LogP contribution in [0, 0.1) is 0 Å². The number of nitrogens with zero attached hydrogens (tertiary/aromatic N) is 1. The zero-order valence-corrected chi connectivity index (χ0v) is 11.5. The summed E-state index contributed by atoms with van der Waals surface area (Å²) in [5.41, 5.74) is 6.71. The molecule has 2 aromatic carbocycles. The van der Waals surface area contributed by atoms with E-state index in [0.29, 0.717) is 23.7 Å². The number of benzene rings is 2. The topological polar surface area (TPSA) is 72.6 Å². The van der Waals surface area contributed by atoms with Gasteiger partial charge in [0, 0.05) is 5.69 Å². The molecule has 0 aromatic heterocycles. The van der Waals surface area contributed by atoms with Gasteiger partial charge in [0.15, 0.2) is 0 Å². The first kappa shape index (κ1) is 12.8. The lowest BCUT2D eigenvalue weighted by Crippen LogP contribution is -2.32. The van der Waals surface area contributed by atoms with E-state index in [-0.39, 0.29) is 11.4 Å². The normalized spacial score (nSPS) is 16.9. The Labute approximate surface area is 117 Å². The maximum absolute atomic E-state index is 12.8. The Morgan fingerprint density at radius 1 is 1.10 bits per heavy atom. The van der Waals surface area contributed by atoms with Crippen molar-refractivity contribution in [2.24, 2.45) is 0 Å². The van der Waals surface area contributed by atoms with Gasteiger partial charge in [-0.15, -0.1) is 0 Å². The van der Waals surface area contributed by atoms with Gasteiger partial charge in [0.25, 0.3) is 10.0 Å². The SMILES string of the molecule is Nc1ccc2c(c1)S(=O)(=O)N(c1ccccc1)CCO2. The zero-order valence-electron chi connectivity index (χ0n) is 10.7. The second-order valence-electron chi connectivity index (χ2n) is 4.47. The summed E-state index contributed by atoms with van der Waals surface area (Å²) in [6.07, 6.45) is 0. The predicted octanol–water partition coefficient (Wildman–Crippen LogP) is 1.86. The van der Waals surface area contributed by atoms with E-state index in [0.717, 1.165) is 0 Å². The molecule has 0 fully saturated rings. The van der Waals surface area contributed by atoms with Gasteiger partial charge in [0.1, 0.15) is 17.3 Å². The van der Waals surface area contributed by atoms with Crippen LogP contribution < -0.4 is 14.8 Å². The van der Waals surface area contributed by atoms with Crippen LogP contribution in [0.25, 0.3) is 0 Å². The summed E-state index contributed by atoms with van der Waals surface area (Å²) >= 11 is 0. The molecule has 104 valence electrons. The molecule has 3 rings (SSSR count). The molecule has 5 nitrogen and oxygen atoms in total. The van der Waals surface area contributed by atoms with Crippen LogP contribution in [0.4, 0.5) is 11.4 Å². The smallest absolute Gasteiger partial charge is 0.268 e. The number of fused-ring (bicyclic) bond motifs is 1. The standard InChI is InChI=1S/C14H14N2O3S/c15-11-6-7-13-14(10-11)20(17,18)16(8-9-19-13)12-4-2-1-3-5-12/h1-7,10H,8-9,15H2. The zero-order chi connectivity index (χ0) is 14.2. The predicted molar refractivity (Wildman–Crippen MR) is 77.3 cm³/mol. The van der Waals surface area contributed by atoms with Crippen LogP contribution in [-0.2, 0) is 10.0 Å². The minimum atomic E-state index is -3.67. The number of hydrogen-bond acceptors (Lipinski definition) is 4. The monoisotopic (exact) mass is 290 g/mol. The van der Waals surface area contributed by atoms with Crippen molar-refractivity contribution in [2.45, 2.75) is 4.90 Å². The summed E-state index contributed by atoms with van der Waals surface area (Å²) in [5.74, 6) is 0.345. The van der Waals surface area contributed by atoms with Crippen molar-refractivity contribution in [3.63, 3.8) is 0 Å². The van der Waals surface area contributed by atoms with Crippen molar-refractivity contribution in [1.29, 1.82) is 0 Å². The molecule has 1 aliphatic heterocycles. The number of para-hydroxylation sites is 1. The highest BCUT2D eigenvalue weighted by molar-refractivity contribution is 7.93. The summed E-state index contributed by atoms with van der Waals surface area (Å²) in [5, 5.41) is 0. The molecule has 0 spiro atoms. The van der Waals surface area contributed by atoms with E-state index in [2.05, 4.69) is 0 Å². The second kappa shape index (κ2) is 4.72. The number of ether oxygens (including phenoxy) is 1. The maximum atomic E-state index is 12.8. The van der Waals surface area contributed by atoms with Crippen LogP contribution in [0.2, 0.25) is 0 Å². The Morgan fingerprint density at radius 2 is 1.85 bits per heavy atom. The van der Waals surface area contributed by atoms with E-state index in [1.807, 2.05) is 6.07 Å². The van der Waals surface area contributed by atoms with Crippen molar-refractivity contribution in [1.82, 2.24) is 0 Å². The molecule has 0 atom stereocenters. The van der Waals surface area contributed by atoms with Crippen LogP contribution in [-0.4, -0.2) is 21.6 Å². The Morgan fingerprint density at radius 3 is 2.60 bits per heavy atom. The molecule has 20 heavy (non-hydrogen) atoms. The molecule has 0 radical (unpaired) electrons. The van der Waals surface area contributed by atoms with Gasteiger partial charge in [-0.1, -0.05) is 18.2 Å². The largest absolute Gasteiger partial charge is 0.490 e. The Kier molecular flexibility index (Phi) is 3.02. The molecule has 6 heteroatoms. The second-order valence-corrected chi connectivity index (χ2v) is 6.30. The van der Waals surface area contributed by atoms with Crippen LogP contribution >= 0.6 is 0 Å². The number of nitrogen functional groups attached to an aromatic ring is 1. The molecule has 0 saturated heterocycles. The van der Waals surface area contributed by atoms with Crippen LogP contribution in [0.1, 0.15) is 0 Å². The van der Waals surface area contributed by atoms with E-state index in [4.69, 9.17) is 10.5 Å². The summed E-state index contributed by atoms with van der Waals surface area (Å²) < 4.78 is 32.4. The average Bonchev–Trinajstić information content (AvgIpc) is 2.57. The van der Waals surface area contributed by atoms with Crippen molar-refractivity contribution >= 4 is 21.4 Å². The number of anilines is 2. The highest BCUT2D eigenvalue weighted by Crippen LogP contribution is 2.33. The Balaban J connectivity index is 2.16. The summed E-state index contributed by atoms with van der Waals surface area (Å²) in [4.78, 5) is 0.110. The minimum Gasteiger partial charge on any atom is -0.490 e. The van der Waals surface area contributed by atoms with Crippen LogP contribution in [0.3, 0.4) is 0 Å². The lowest BCUT2D eigenvalue weighted by Gasteiger charge is -2.21. The van der Waals surface area contributed by atoms with Gasteiger partial charge in [-0.25, -0.2) is 8.42 Å². The molecular formula is C14H14N2O3S. The molecular weight excluding hydrogens is 276 g/mol. The number of sulfonamides is 1. The van der Waals surface area contributed by atoms with E-state index >= 15 is 0 Å². The average molecular weight is 290 g/mol. The molecule has 2 N–H and O–H groups in total. The van der Waals surface area contributed by atoms with Gasteiger partial charge in [-0.3, -0.25) is 4.31 Å². The molecule has 0 amide bonds. The lowest BCUT2D eigenvalue weighted by molar-refractivity contribution is 0.325. The van der Waals surface area contributed by atoms with Gasteiger partial charge in [0.05, 0.1) is 12.2 Å². The van der Waals surface area contributed by atoms with E-state index in [1.165, 1.54) is 10.4 Å². The van der Waals surface area contributed by atoms with E-state index < -0.39 is 10.0 Å². The molecule has 1 heterocycles. The van der Waals surface area contributed by atoms with Crippen molar-refractivity contribution in [3.8, 4) is 5.75 Å². The van der Waals surface area contributed by atoms with Crippen molar-refractivity contribution in [3.05, 3.63) is 48.5 Å². The first-order chi connectivity index (χ1) is 9.59. The molecule has 0 bridgehead atoms. The van der Waals surface area contributed by atoms with Gasteiger partial charge >= 0.3 is 0 Å². The molecule has 0 unspecified atom stereocenters. The summed E-state index contributed by atoms with van der Waals surface area (Å²) in [7, 11) is -3.67. The van der Waals surface area contributed by atoms with E-state index in [1.54, 1.807) is 36.4 Å². The molecule has 1 aliphatic rings. The van der Waals surface area contributed by atoms with Gasteiger partial charge in [-0.2, -0.15) is 0 Å². The first-order valence-electron chi connectivity index (χ1n) is 6.19. The highest BCUT2D eigenvalue weighted by Gasteiger charge is 2.31. The number of rotatable bonds is 1. The quantitative estimate of drug-likeness (QED) is 0.814. The fourth-order valence-electron chi connectivity index (χ4n) is 2.19. The minimum absolute atomic E-state index is 0.110. The third-order valence-electron chi connectivity index (χ3n) is 3.13. The van der Waals surface area contributed by atoms with Gasteiger partial charge in [-0.05, 0) is 30.3 Å². The van der Waals surface area contributed by atoms with E-state index in [9.17, 15) is 8.42 Å². The Hall–Kier alpha value is -2.21. The third-order valence-corrected chi connectivity index (χ3v) is 4.98. The molecule has 0 aliphatic carbocycles. The molecule has 0 saturated carbocycles. The fourth-order valence-corrected chi connectivity index (χ4v) is 3.80. The number of nitrogens with two attached hydrogens (primary N) is 1. The number of hydrogen-bond donors (Lipinski definition) is 1. The van der Waals surface area contributed by atoms with Crippen LogP contribution in [0.15, 0.2) is 53.4 Å². The van der Waals surface area contributed by atoms with Crippen molar-refractivity contribution in [2.75, 3.05) is 23.2 Å². The lowest BCUT2D eigenvalue weighted by atomic mass is 10.3. The van der Waals surface area contributed by atoms with Crippen molar-refractivity contribution < 1.29 is 13.2 Å². The summed E-state index contributed by atoms with van der Waals surface area (Å²) in [6, 6.07) is 13.6. The van der Waals surface area contributed by atoms with Crippen LogP contribution in [0.5, 0.6) is 5.75 Å². The maximum Gasteiger partial charge on any atom is 0.268 e. The third kappa shape index (κ3) is 2.08. The van der Waals surface area contributed by atoms with Gasteiger partial charge in [0.2, 0.25) is 0 Å².